The van der Waals surface area contributed by atoms with Gasteiger partial charge in [-0.25, -0.2) is 0 Å². The molecule has 0 aliphatic heterocycles. The Kier molecular flexibility index (Phi) is 4.99. The molecule has 0 saturated carbocycles. The number of aliphatic hydroxyl groups excluding tert-OH is 1. The molecule has 1 N–H and O–H groups in total. The molecule has 0 fully saturated rings. The molecule has 0 aromatic carbocycles. The first-order valence-electron chi connectivity index (χ1n) is 4.79. The minimum atomic E-state index is -0.0603. The minimum Gasteiger partial charge on any atom is -0.394 e. The third kappa shape index (κ3) is 3.35. The van der Waals surface area contributed by atoms with E-state index in [4.69, 9.17) is 5.11 Å². The van der Waals surface area contributed by atoms with Crippen LogP contribution in [-0.2, 0) is 4.79 Å². The van der Waals surface area contributed by atoms with E-state index < -0.39 is 0 Å². The Morgan fingerprint density at radius 1 is 1.31 bits per heavy atom. The molecule has 13 heavy (non-hydrogen) atoms. The number of hydrogen-bond donors (Lipinski definition) is 1. The number of amides is 1. The van der Waals surface area contributed by atoms with Crippen LogP contribution in [-0.4, -0.2) is 35.6 Å². The fraction of sp³-hybridized carbons (Fsp3) is 0.900. The van der Waals surface area contributed by atoms with Gasteiger partial charge in [0.1, 0.15) is 0 Å². The standard InChI is InChI=1S/C10H21NO2/c1-7(2)9(6-12)11(5)10(13)8(3)4/h7-9,12H,6H2,1-5H3/t9-/m0/s1. The molecular weight excluding hydrogens is 166 g/mol. The van der Waals surface area contributed by atoms with Crippen molar-refractivity contribution in [2.24, 2.45) is 11.8 Å². The summed E-state index contributed by atoms with van der Waals surface area (Å²) in [5.74, 6) is 0.378. The maximum atomic E-state index is 11.6. The summed E-state index contributed by atoms with van der Waals surface area (Å²) >= 11 is 0. The molecule has 0 spiro atoms. The average Bonchev–Trinajstić information content (AvgIpc) is 2.03. The van der Waals surface area contributed by atoms with Gasteiger partial charge in [0.15, 0.2) is 0 Å². The van der Waals surface area contributed by atoms with Crippen LogP contribution >= 0.6 is 0 Å². The second kappa shape index (κ2) is 5.22. The van der Waals surface area contributed by atoms with Gasteiger partial charge in [-0.2, -0.15) is 0 Å². The molecule has 0 aromatic heterocycles. The first kappa shape index (κ1) is 12.4. The highest BCUT2D eigenvalue weighted by molar-refractivity contribution is 5.78. The van der Waals surface area contributed by atoms with Gasteiger partial charge >= 0.3 is 0 Å². The summed E-state index contributed by atoms with van der Waals surface area (Å²) < 4.78 is 0. The van der Waals surface area contributed by atoms with Gasteiger partial charge in [-0.05, 0) is 5.92 Å². The van der Waals surface area contributed by atoms with Gasteiger partial charge in [0, 0.05) is 13.0 Å². The largest absolute Gasteiger partial charge is 0.394 e. The highest BCUT2D eigenvalue weighted by atomic mass is 16.3. The summed E-state index contributed by atoms with van der Waals surface area (Å²) in [5.41, 5.74) is 0. The lowest BCUT2D eigenvalue weighted by molar-refractivity contribution is -0.137. The molecule has 0 bridgehead atoms. The fourth-order valence-electron chi connectivity index (χ4n) is 1.35. The van der Waals surface area contributed by atoms with E-state index in [9.17, 15) is 4.79 Å². The van der Waals surface area contributed by atoms with Gasteiger partial charge in [-0.15, -0.1) is 0 Å². The Morgan fingerprint density at radius 2 is 1.77 bits per heavy atom. The lowest BCUT2D eigenvalue weighted by Crippen LogP contribution is -2.44. The summed E-state index contributed by atoms with van der Waals surface area (Å²) in [6.45, 7) is 7.78. The Morgan fingerprint density at radius 3 is 2.00 bits per heavy atom. The van der Waals surface area contributed by atoms with Crippen molar-refractivity contribution in [1.82, 2.24) is 4.90 Å². The summed E-state index contributed by atoms with van der Waals surface area (Å²) in [7, 11) is 1.75. The Labute approximate surface area is 80.7 Å². The summed E-state index contributed by atoms with van der Waals surface area (Å²) in [6.07, 6.45) is 0. The smallest absolute Gasteiger partial charge is 0.225 e. The van der Waals surface area contributed by atoms with Gasteiger partial charge < -0.3 is 10.0 Å². The van der Waals surface area contributed by atoms with E-state index in [2.05, 4.69) is 0 Å². The van der Waals surface area contributed by atoms with E-state index in [-0.39, 0.29) is 30.4 Å². The van der Waals surface area contributed by atoms with Gasteiger partial charge in [0.2, 0.25) is 5.91 Å². The lowest BCUT2D eigenvalue weighted by atomic mass is 10.0. The molecule has 0 rings (SSSR count). The minimum absolute atomic E-state index is 0.00204. The maximum Gasteiger partial charge on any atom is 0.225 e. The number of aliphatic hydroxyl groups is 1. The van der Waals surface area contributed by atoms with Crippen LogP contribution in [0.25, 0.3) is 0 Å². The van der Waals surface area contributed by atoms with Crippen LogP contribution in [0.4, 0.5) is 0 Å². The third-order valence-corrected chi connectivity index (χ3v) is 2.30. The predicted molar refractivity (Wildman–Crippen MR) is 53.3 cm³/mol. The second-order valence-electron chi connectivity index (χ2n) is 4.10. The van der Waals surface area contributed by atoms with Crippen LogP contribution in [0.1, 0.15) is 27.7 Å². The first-order chi connectivity index (χ1) is 5.91. The zero-order chi connectivity index (χ0) is 10.6. The Bertz CT molecular complexity index is 166. The molecular formula is C10H21NO2. The number of nitrogens with zero attached hydrogens (tertiary/aromatic N) is 1. The highest BCUT2D eigenvalue weighted by Gasteiger charge is 2.23. The zero-order valence-electron chi connectivity index (χ0n) is 9.24. The SMILES string of the molecule is CC(C)C(=O)N(C)[C@@H](CO)C(C)C. The quantitative estimate of drug-likeness (QED) is 0.716. The molecule has 3 nitrogen and oxygen atoms in total. The van der Waals surface area contributed by atoms with Crippen LogP contribution in [0.15, 0.2) is 0 Å². The fourth-order valence-corrected chi connectivity index (χ4v) is 1.35. The molecule has 0 aliphatic carbocycles. The van der Waals surface area contributed by atoms with Gasteiger partial charge in [0.25, 0.3) is 0 Å². The number of rotatable bonds is 4. The van der Waals surface area contributed by atoms with Crippen molar-refractivity contribution in [2.45, 2.75) is 33.7 Å². The van der Waals surface area contributed by atoms with Crippen molar-refractivity contribution < 1.29 is 9.90 Å². The number of carbonyl (C=O) groups is 1. The molecule has 0 unspecified atom stereocenters. The second-order valence-corrected chi connectivity index (χ2v) is 4.10. The molecule has 0 aromatic rings. The highest BCUT2D eigenvalue weighted by Crippen LogP contribution is 2.11. The maximum absolute atomic E-state index is 11.6. The summed E-state index contributed by atoms with van der Waals surface area (Å²) in [6, 6.07) is -0.0603. The first-order valence-corrected chi connectivity index (χ1v) is 4.79. The van der Waals surface area contributed by atoms with Crippen molar-refractivity contribution in [2.75, 3.05) is 13.7 Å². The van der Waals surface area contributed by atoms with E-state index in [0.717, 1.165) is 0 Å². The van der Waals surface area contributed by atoms with Crippen molar-refractivity contribution in [1.29, 1.82) is 0 Å². The van der Waals surface area contributed by atoms with E-state index in [1.807, 2.05) is 27.7 Å². The predicted octanol–water partition coefficient (Wildman–Crippen LogP) is 1.12. The molecule has 0 aliphatic rings. The van der Waals surface area contributed by atoms with E-state index >= 15 is 0 Å². The summed E-state index contributed by atoms with van der Waals surface area (Å²) in [5, 5.41) is 9.10. The number of likely N-dealkylation sites (N-methyl/N-ethyl adjacent to an activating group) is 1. The van der Waals surface area contributed by atoms with E-state index in [1.165, 1.54) is 0 Å². The molecule has 1 atom stereocenters. The van der Waals surface area contributed by atoms with Crippen LogP contribution in [0.3, 0.4) is 0 Å². The molecule has 0 saturated heterocycles. The van der Waals surface area contributed by atoms with Gasteiger partial charge in [0.05, 0.1) is 12.6 Å². The molecule has 3 heteroatoms. The Balaban J connectivity index is 4.36. The van der Waals surface area contributed by atoms with Crippen LogP contribution in [0, 0.1) is 11.8 Å². The third-order valence-electron chi connectivity index (χ3n) is 2.30. The monoisotopic (exact) mass is 187 g/mol. The van der Waals surface area contributed by atoms with E-state index in [0.29, 0.717) is 0 Å². The van der Waals surface area contributed by atoms with E-state index in [1.54, 1.807) is 11.9 Å². The van der Waals surface area contributed by atoms with Gasteiger partial charge in [-0.1, -0.05) is 27.7 Å². The van der Waals surface area contributed by atoms with Crippen molar-refractivity contribution >= 4 is 5.91 Å². The number of carbonyl (C=O) groups excluding carboxylic acids is 1. The van der Waals surface area contributed by atoms with Crippen molar-refractivity contribution in [3.8, 4) is 0 Å². The summed E-state index contributed by atoms with van der Waals surface area (Å²) in [4.78, 5) is 13.2. The Hall–Kier alpha value is -0.570. The van der Waals surface area contributed by atoms with Crippen molar-refractivity contribution in [3.63, 3.8) is 0 Å². The molecule has 1 amide bonds. The molecule has 0 radical (unpaired) electrons. The van der Waals surface area contributed by atoms with Gasteiger partial charge in [-0.3, -0.25) is 4.79 Å². The number of hydrogen-bond acceptors (Lipinski definition) is 2. The normalized spacial score (nSPS) is 13.5. The van der Waals surface area contributed by atoms with Crippen LogP contribution < -0.4 is 0 Å². The lowest BCUT2D eigenvalue weighted by Gasteiger charge is -2.30. The molecule has 78 valence electrons. The van der Waals surface area contributed by atoms with Crippen molar-refractivity contribution in [3.05, 3.63) is 0 Å². The topological polar surface area (TPSA) is 40.5 Å². The zero-order valence-corrected chi connectivity index (χ0v) is 9.24. The van der Waals surface area contributed by atoms with Crippen LogP contribution in [0.2, 0.25) is 0 Å². The average molecular weight is 187 g/mol. The van der Waals surface area contributed by atoms with Crippen LogP contribution in [0.5, 0.6) is 0 Å². The molecule has 0 heterocycles.